The molecule has 20 heteroatoms. The molecule has 4 aliphatic heterocycles. The van der Waals surface area contributed by atoms with Gasteiger partial charge in [-0.05, 0) is 252 Å². The van der Waals surface area contributed by atoms with E-state index < -0.39 is 0 Å². The highest BCUT2D eigenvalue weighted by atomic mass is 16.5. The first-order chi connectivity index (χ1) is 70.9. The van der Waals surface area contributed by atoms with Crippen molar-refractivity contribution >= 4 is 43.6 Å². The van der Waals surface area contributed by atoms with Gasteiger partial charge in [0.1, 0.15) is 96.0 Å². The SMILES string of the molecule is C.C.C.C.CCC=CCc1ncc(-c2ccc3c(c2)COc2cc4c(cc2-3)CCc2[nH]c(CC=CCC)nc2-4)[nH]1.CCC=CCc1ncc(-c2ccc3c(c2)COc2cc4c(ccc5[nH]c(CC=CCC)nc54)cc2-3)[nH]1.CCC=CCc1ncc(-c2ccc3c(c2)OCc2cc4c(cc2-3)CCc2[nH]c(CC=CCC)nc2-4)[nH]1.CCC=CCc1ncc(-c2ccc3c(c2)OCc2cc4c(ccc5[nH]c(CC=CCC)nc54)cc2-3)[nH]1. The number of aromatic amines is 8. The molecular formula is C128H140N16O4. The molecule has 0 spiro atoms. The molecule has 0 unspecified atom stereocenters. The molecule has 0 fully saturated rings. The Morgan fingerprint density at radius 1 is 0.236 bits per heavy atom. The van der Waals surface area contributed by atoms with Crippen LogP contribution in [0.2, 0.25) is 0 Å². The van der Waals surface area contributed by atoms with Gasteiger partial charge >= 0.3 is 0 Å². The van der Waals surface area contributed by atoms with E-state index in [1.807, 2.05) is 24.8 Å². The Morgan fingerprint density at radius 2 is 0.534 bits per heavy atom. The third kappa shape index (κ3) is 22.2. The molecule has 10 aromatic carbocycles. The van der Waals surface area contributed by atoms with E-state index in [-0.39, 0.29) is 29.7 Å². The summed E-state index contributed by atoms with van der Waals surface area (Å²) in [6, 6.07) is 52.9. The van der Waals surface area contributed by atoms with Gasteiger partial charge in [-0.2, -0.15) is 0 Å². The minimum Gasteiger partial charge on any atom is -0.488 e. The van der Waals surface area contributed by atoms with Crippen LogP contribution in [0, 0.1) is 0 Å². The lowest BCUT2D eigenvalue weighted by Gasteiger charge is -2.25. The Bertz CT molecular complexity index is 7580. The second-order valence-corrected chi connectivity index (χ2v) is 37.7. The molecule has 8 aromatic heterocycles. The minimum absolute atomic E-state index is 0. The van der Waals surface area contributed by atoms with Crippen LogP contribution in [0.15, 0.2) is 268 Å². The number of benzene rings is 10. The zero-order valence-corrected chi connectivity index (χ0v) is 83.6. The van der Waals surface area contributed by atoms with Crippen LogP contribution in [0.5, 0.6) is 23.0 Å². The molecule has 0 atom stereocenters. The van der Waals surface area contributed by atoms with Crippen molar-refractivity contribution in [1.82, 2.24) is 79.7 Å². The zero-order valence-electron chi connectivity index (χ0n) is 83.6. The van der Waals surface area contributed by atoms with Crippen LogP contribution in [0.1, 0.15) is 228 Å². The van der Waals surface area contributed by atoms with Gasteiger partial charge in [0.25, 0.3) is 0 Å². The number of nitrogens with zero attached hydrogens (tertiary/aromatic N) is 8. The average molecular weight is 1970 g/mol. The highest BCUT2D eigenvalue weighted by Crippen LogP contribution is 2.50. The number of nitrogens with one attached hydrogen (secondary N) is 8. The molecule has 756 valence electrons. The van der Waals surface area contributed by atoms with Crippen molar-refractivity contribution < 1.29 is 18.9 Å². The molecule has 148 heavy (non-hydrogen) atoms. The van der Waals surface area contributed by atoms with Crippen molar-refractivity contribution in [3.63, 3.8) is 0 Å². The van der Waals surface area contributed by atoms with Gasteiger partial charge in [0.2, 0.25) is 0 Å². The first kappa shape index (κ1) is 103. The normalized spacial score (nSPS) is 13.1. The molecule has 0 bridgehead atoms. The van der Waals surface area contributed by atoms with Crippen molar-refractivity contribution in [2.75, 3.05) is 0 Å². The quantitative estimate of drug-likeness (QED) is 0.0213. The number of ether oxygens (including phenoxy) is 4. The molecule has 0 saturated carbocycles. The Kier molecular flexibility index (Phi) is 33.2. The molecule has 20 nitrogen and oxygen atoms in total. The predicted octanol–water partition coefficient (Wildman–Crippen LogP) is 32.2. The zero-order chi connectivity index (χ0) is 97.9. The molecule has 18 aromatic rings. The highest BCUT2D eigenvalue weighted by molar-refractivity contribution is 6.08. The highest BCUT2D eigenvalue weighted by Gasteiger charge is 2.31. The van der Waals surface area contributed by atoms with Gasteiger partial charge in [0.15, 0.2) is 0 Å². The molecule has 0 saturated heterocycles. The number of hydrogen-bond donors (Lipinski definition) is 8. The fourth-order valence-corrected chi connectivity index (χ4v) is 20.3. The fraction of sp³-hybridized carbons (Fsp3) is 0.281. The summed E-state index contributed by atoms with van der Waals surface area (Å²) < 4.78 is 25.1. The van der Waals surface area contributed by atoms with E-state index in [1.54, 1.807) is 0 Å². The topological polar surface area (TPSA) is 266 Å². The van der Waals surface area contributed by atoms with Gasteiger partial charge in [-0.25, -0.2) is 39.9 Å². The number of aromatic nitrogens is 16. The maximum atomic E-state index is 6.29. The van der Waals surface area contributed by atoms with Crippen molar-refractivity contribution in [2.45, 2.75) is 240 Å². The third-order valence-electron chi connectivity index (χ3n) is 27.7. The molecular weight excluding hydrogens is 1830 g/mol. The summed E-state index contributed by atoms with van der Waals surface area (Å²) in [6.07, 6.45) is 61.5. The predicted molar refractivity (Wildman–Crippen MR) is 611 cm³/mol. The largest absolute Gasteiger partial charge is 0.488 e. The standard InChI is InChI=1S/C31H32N4O.C31H30N4O.C31H32N4O.C31H30N4O.4CH4/c2*1-3-5-7-9-29-32-18-27(34-29)21-11-13-23-22(15-21)19-36-28-17-24-20(16-25(23)28)12-14-26-31(24)35-30(33-26)10-8-6-4-2;2*1-3-5-7-9-29-32-18-27(34-29)21-11-13-23-24-15-20-12-14-26-31(35-30(33-26)10-8-6-4-2)25(20)16-22(24)19-36-28(23)17-21;;;;/h5-8,11,13,15-18H,3-4,9-10,12,14,19H2,1-2H3,(H,32,34)(H,33,35);5-8,11-18H,3-4,9-10,19H2,1-2H3,(H,32,34)(H,33,35);5-8,11,13,15-18H,3-4,9-10,12,14,19H2,1-2H3,(H,32,34)(H,33,35);5-8,11-18H,3-4,9-10,19H2,1-2H3,(H,32,34)(H,33,35);4*1H4. The number of hydrogen-bond acceptors (Lipinski definition) is 12. The summed E-state index contributed by atoms with van der Waals surface area (Å²) >= 11 is 0. The summed E-state index contributed by atoms with van der Waals surface area (Å²) in [4.78, 5) is 65.8. The van der Waals surface area contributed by atoms with E-state index >= 15 is 0 Å². The molecule has 0 radical (unpaired) electrons. The second-order valence-electron chi connectivity index (χ2n) is 37.7. The number of fused-ring (bicyclic) bond motifs is 24. The minimum atomic E-state index is 0. The number of rotatable bonds is 28. The van der Waals surface area contributed by atoms with Crippen LogP contribution >= 0.6 is 0 Å². The van der Waals surface area contributed by atoms with Gasteiger partial charge in [0.05, 0.1) is 81.0 Å². The second kappa shape index (κ2) is 47.5. The van der Waals surface area contributed by atoms with Crippen LogP contribution in [-0.4, -0.2) is 79.7 Å². The molecule has 0 amide bonds. The number of H-pyrrole nitrogens is 8. The van der Waals surface area contributed by atoms with E-state index in [4.69, 9.17) is 38.9 Å². The van der Waals surface area contributed by atoms with Crippen LogP contribution in [-0.2, 0) is 103 Å². The van der Waals surface area contributed by atoms with E-state index in [2.05, 4.69) is 358 Å². The molecule has 8 N–H and O–H groups in total. The van der Waals surface area contributed by atoms with E-state index in [0.29, 0.717) is 26.4 Å². The van der Waals surface area contributed by atoms with Crippen LogP contribution < -0.4 is 18.9 Å². The summed E-state index contributed by atoms with van der Waals surface area (Å²) in [5, 5.41) is 4.65. The first-order valence-corrected chi connectivity index (χ1v) is 51.7. The molecule has 12 heterocycles. The van der Waals surface area contributed by atoms with Gasteiger partial charge in [-0.3, -0.25) is 0 Å². The first-order valence-electron chi connectivity index (χ1n) is 51.7. The van der Waals surface area contributed by atoms with E-state index in [1.165, 1.54) is 99.9 Å². The van der Waals surface area contributed by atoms with Gasteiger partial charge in [-0.1, -0.05) is 231 Å². The monoisotopic (exact) mass is 1970 g/mol. The third-order valence-corrected chi connectivity index (χ3v) is 27.7. The summed E-state index contributed by atoms with van der Waals surface area (Å²) in [5.41, 5.74) is 37.0. The van der Waals surface area contributed by atoms with Crippen molar-refractivity contribution in [3.8, 4) is 135 Å². The Labute approximate surface area is 870 Å². The van der Waals surface area contributed by atoms with Crippen molar-refractivity contribution in [2.24, 2.45) is 0 Å². The number of imidazole rings is 8. The Hall–Kier alpha value is -16.0. The lowest BCUT2D eigenvalue weighted by molar-refractivity contribution is 0.302. The summed E-state index contributed by atoms with van der Waals surface area (Å²) in [6.45, 7) is 19.4. The number of allylic oxidation sites excluding steroid dienone is 16. The lowest BCUT2D eigenvalue weighted by Crippen LogP contribution is -2.10. The molecule has 6 aliphatic rings. The van der Waals surface area contributed by atoms with E-state index in [9.17, 15) is 0 Å². The van der Waals surface area contributed by atoms with Crippen molar-refractivity contribution in [1.29, 1.82) is 0 Å². The van der Waals surface area contributed by atoms with E-state index in [0.717, 1.165) is 299 Å². The smallest absolute Gasteiger partial charge is 0.128 e. The summed E-state index contributed by atoms with van der Waals surface area (Å²) in [5.74, 6) is 11.7. The van der Waals surface area contributed by atoms with Gasteiger partial charge < -0.3 is 58.8 Å². The van der Waals surface area contributed by atoms with Crippen LogP contribution in [0.3, 0.4) is 0 Å². The average Bonchev–Trinajstić information content (AvgIpc) is 1.35. The maximum absolute atomic E-state index is 6.29. The van der Waals surface area contributed by atoms with Crippen LogP contribution in [0.25, 0.3) is 156 Å². The van der Waals surface area contributed by atoms with Crippen molar-refractivity contribution in [3.05, 3.63) is 359 Å². The summed E-state index contributed by atoms with van der Waals surface area (Å²) in [7, 11) is 0. The van der Waals surface area contributed by atoms with Gasteiger partial charge in [0, 0.05) is 118 Å². The molecule has 2 aliphatic carbocycles. The maximum Gasteiger partial charge on any atom is 0.128 e. The number of aryl methyl sites for hydroxylation is 4. The van der Waals surface area contributed by atoms with Crippen LogP contribution in [0.4, 0.5) is 0 Å². The molecule has 24 rings (SSSR count). The Morgan fingerprint density at radius 3 is 0.926 bits per heavy atom. The van der Waals surface area contributed by atoms with Gasteiger partial charge in [-0.15, -0.1) is 0 Å². The fourth-order valence-electron chi connectivity index (χ4n) is 20.3. The Balaban J connectivity index is 0.000000133. The lowest BCUT2D eigenvalue weighted by atomic mass is 9.85.